The molecule has 0 fully saturated rings. The van der Waals surface area contributed by atoms with Gasteiger partial charge in [-0.05, 0) is 140 Å². The number of para-hydroxylation sites is 4. The Balaban J connectivity index is 0.911. The molecule has 74 heavy (non-hydrogen) atoms. The van der Waals surface area contributed by atoms with Crippen LogP contribution in [-0.2, 0) is 16.2 Å². The maximum Gasteiger partial charge on any atom is 0.144 e. The van der Waals surface area contributed by atoms with Crippen LogP contribution in [0.15, 0.2) is 195 Å². The van der Waals surface area contributed by atoms with Crippen molar-refractivity contribution < 1.29 is 13.3 Å². The van der Waals surface area contributed by atoms with E-state index < -0.39 is 0 Å². The Morgan fingerprint density at radius 1 is 0.338 bits per heavy atom. The summed E-state index contributed by atoms with van der Waals surface area (Å²) in [4.78, 5) is 2.50. The topological polar surface area (TPSA) is 42.7 Å². The summed E-state index contributed by atoms with van der Waals surface area (Å²) in [5.41, 5.74) is 27.0. The number of anilines is 3. The lowest BCUT2D eigenvalue weighted by atomic mass is 9.72. The van der Waals surface area contributed by atoms with Gasteiger partial charge in [0.05, 0.1) is 0 Å². The van der Waals surface area contributed by atoms with Gasteiger partial charge in [0.15, 0.2) is 0 Å². The van der Waals surface area contributed by atoms with Gasteiger partial charge in [-0.15, -0.1) is 0 Å². The quantitative estimate of drug-likeness (QED) is 0.176. The van der Waals surface area contributed by atoms with Gasteiger partial charge >= 0.3 is 0 Å². The summed E-state index contributed by atoms with van der Waals surface area (Å²) in [6.07, 6.45) is 0. The monoisotopic (exact) mass is 953 g/mol. The summed E-state index contributed by atoms with van der Waals surface area (Å²) in [5.74, 6) is 0. The number of aryl methyl sites for hydroxylation is 1. The van der Waals surface area contributed by atoms with Crippen LogP contribution in [0, 0.1) is 6.92 Å². The molecule has 3 aliphatic carbocycles. The van der Waals surface area contributed by atoms with Gasteiger partial charge in [0, 0.05) is 76.8 Å². The molecule has 0 spiro atoms. The molecule has 3 aliphatic rings. The Bertz CT molecular complexity index is 4660. The van der Waals surface area contributed by atoms with Crippen LogP contribution in [0.25, 0.3) is 110 Å². The van der Waals surface area contributed by atoms with Gasteiger partial charge < -0.3 is 18.2 Å². The number of rotatable bonds is 4. The molecule has 0 saturated heterocycles. The molecule has 0 unspecified atom stereocenters. The number of hydrogen-bond donors (Lipinski definition) is 0. The molecular weight excluding hydrogens is 903 g/mol. The smallest absolute Gasteiger partial charge is 0.144 e. The summed E-state index contributed by atoms with van der Waals surface area (Å²) in [6.45, 7) is 16.8. The van der Waals surface area contributed by atoms with Gasteiger partial charge in [-0.3, -0.25) is 0 Å². The normalized spacial score (nSPS) is 15.3. The van der Waals surface area contributed by atoms with Crippen LogP contribution in [0.4, 0.5) is 17.1 Å². The van der Waals surface area contributed by atoms with Crippen LogP contribution in [0.2, 0.25) is 0 Å². The highest BCUT2D eigenvalue weighted by Crippen LogP contribution is 2.64. The number of benzene rings is 10. The van der Waals surface area contributed by atoms with E-state index in [4.69, 9.17) is 13.3 Å². The summed E-state index contributed by atoms with van der Waals surface area (Å²) in [6, 6.07) is 66.6. The highest BCUT2D eigenvalue weighted by Gasteiger charge is 2.49. The van der Waals surface area contributed by atoms with Crippen molar-refractivity contribution in [1.82, 2.24) is 0 Å². The van der Waals surface area contributed by atoms with Crippen LogP contribution >= 0.6 is 0 Å². The number of hydrogen-bond acceptors (Lipinski definition) is 4. The first-order chi connectivity index (χ1) is 35.9. The Kier molecular flexibility index (Phi) is 8.01. The third-order valence-corrected chi connectivity index (χ3v) is 17.7. The Labute approximate surface area is 429 Å². The van der Waals surface area contributed by atoms with E-state index in [0.29, 0.717) is 0 Å². The first-order valence-corrected chi connectivity index (χ1v) is 26.1. The standard InChI is InChI=1S/C70H51NO3/c1-38-19-8-14-26-53(38)71(40-32-34-44-51(36-40)70(6,7)64-60(44)62-47-23-12-17-29-56(47)74-67(62)63-42-20-9-13-25-49(42)69(4,5)65(63)64)39-31-33-43-50(35-39)68(2,3)52-37-48(66-61(59(43)52)46-22-11-16-28-55(46)73-66)41-24-18-30-57-58(41)45-21-10-15-27-54(45)72-57/h8-37H,1-7H3. The molecule has 0 bridgehead atoms. The molecule has 16 rings (SSSR count). The third kappa shape index (κ3) is 5.18. The van der Waals surface area contributed by atoms with Crippen molar-refractivity contribution in [3.05, 3.63) is 221 Å². The fourth-order valence-corrected chi connectivity index (χ4v) is 14.3. The van der Waals surface area contributed by atoms with Crippen molar-refractivity contribution >= 4 is 82.9 Å². The predicted octanol–water partition coefficient (Wildman–Crippen LogP) is 19.7. The van der Waals surface area contributed by atoms with Crippen LogP contribution in [-0.4, -0.2) is 0 Å². The number of fused-ring (bicyclic) bond motifs is 22. The maximum absolute atomic E-state index is 7.00. The van der Waals surface area contributed by atoms with Gasteiger partial charge in [-0.2, -0.15) is 0 Å². The lowest BCUT2D eigenvalue weighted by Crippen LogP contribution is -2.24. The molecule has 3 aromatic heterocycles. The van der Waals surface area contributed by atoms with E-state index in [-0.39, 0.29) is 16.2 Å². The van der Waals surface area contributed by atoms with Gasteiger partial charge in [-0.1, -0.05) is 163 Å². The Morgan fingerprint density at radius 3 is 1.54 bits per heavy atom. The van der Waals surface area contributed by atoms with Gasteiger partial charge in [0.1, 0.15) is 33.5 Å². The zero-order valence-electron chi connectivity index (χ0n) is 42.5. The van der Waals surface area contributed by atoms with Gasteiger partial charge in [0.2, 0.25) is 0 Å². The summed E-state index contributed by atoms with van der Waals surface area (Å²) >= 11 is 0. The van der Waals surface area contributed by atoms with E-state index in [1.54, 1.807) is 0 Å². The molecule has 4 heteroatoms. The van der Waals surface area contributed by atoms with Crippen molar-refractivity contribution in [2.45, 2.75) is 64.7 Å². The minimum Gasteiger partial charge on any atom is -0.456 e. The molecule has 13 aromatic rings. The van der Waals surface area contributed by atoms with Crippen LogP contribution < -0.4 is 4.90 Å². The molecule has 354 valence electrons. The average molecular weight is 954 g/mol. The van der Waals surface area contributed by atoms with E-state index in [1.807, 2.05) is 6.07 Å². The highest BCUT2D eigenvalue weighted by atomic mass is 16.3. The first kappa shape index (κ1) is 42.0. The highest BCUT2D eigenvalue weighted by molar-refractivity contribution is 6.23. The molecule has 4 nitrogen and oxygen atoms in total. The van der Waals surface area contributed by atoms with Crippen LogP contribution in [0.3, 0.4) is 0 Å². The lowest BCUT2D eigenvalue weighted by Gasteiger charge is -2.32. The first-order valence-electron chi connectivity index (χ1n) is 26.1. The second kappa shape index (κ2) is 14.1. The van der Waals surface area contributed by atoms with Crippen molar-refractivity contribution in [1.29, 1.82) is 0 Å². The van der Waals surface area contributed by atoms with Crippen molar-refractivity contribution in [2.24, 2.45) is 0 Å². The molecule has 0 amide bonds. The van der Waals surface area contributed by atoms with Crippen molar-refractivity contribution in [3.63, 3.8) is 0 Å². The van der Waals surface area contributed by atoms with E-state index >= 15 is 0 Å². The number of furan rings is 3. The van der Waals surface area contributed by atoms with Crippen molar-refractivity contribution in [3.8, 4) is 44.5 Å². The molecule has 0 radical (unpaired) electrons. The molecule has 0 N–H and O–H groups in total. The fourth-order valence-electron chi connectivity index (χ4n) is 14.3. The summed E-state index contributed by atoms with van der Waals surface area (Å²) < 4.78 is 20.5. The molecular formula is C70H51NO3. The molecule has 10 aromatic carbocycles. The minimum absolute atomic E-state index is 0.233. The van der Waals surface area contributed by atoms with E-state index in [1.165, 1.54) is 83.1 Å². The zero-order valence-corrected chi connectivity index (χ0v) is 42.5. The van der Waals surface area contributed by atoms with Crippen LogP contribution in [0.5, 0.6) is 0 Å². The molecule has 0 saturated carbocycles. The number of nitrogens with zero attached hydrogens (tertiary/aromatic N) is 1. The largest absolute Gasteiger partial charge is 0.456 e. The fraction of sp³-hybridized carbons (Fsp3) is 0.143. The van der Waals surface area contributed by atoms with E-state index in [2.05, 4.69) is 229 Å². The van der Waals surface area contributed by atoms with Crippen molar-refractivity contribution in [2.75, 3.05) is 4.90 Å². The molecule has 0 atom stereocenters. The van der Waals surface area contributed by atoms with Crippen LogP contribution in [0.1, 0.15) is 80.5 Å². The predicted molar refractivity (Wildman–Crippen MR) is 306 cm³/mol. The van der Waals surface area contributed by atoms with Gasteiger partial charge in [-0.25, -0.2) is 0 Å². The Morgan fingerprint density at radius 2 is 0.838 bits per heavy atom. The second-order valence-corrected chi connectivity index (χ2v) is 22.7. The summed E-state index contributed by atoms with van der Waals surface area (Å²) in [7, 11) is 0. The average Bonchev–Trinajstić information content (AvgIpc) is 4.28. The second-order valence-electron chi connectivity index (χ2n) is 22.7. The Hall–Kier alpha value is -8.60. The van der Waals surface area contributed by atoms with E-state index in [0.717, 1.165) is 83.2 Å². The molecule has 0 aliphatic heterocycles. The maximum atomic E-state index is 7.00. The van der Waals surface area contributed by atoms with E-state index in [9.17, 15) is 0 Å². The minimum atomic E-state index is -0.364. The summed E-state index contributed by atoms with van der Waals surface area (Å²) in [5, 5.41) is 6.88. The SMILES string of the molecule is Cc1ccccc1N(c1ccc2c(c1)C(C)(C)c1cc(-c3cccc4oc5ccccc5c34)c3oc4ccccc4c3c1-2)c1ccc2c(c1)C(C)(C)c1c3c(c4oc5ccccc5c4c1-2)-c1ccccc1C3(C)C. The molecule has 3 heterocycles. The third-order valence-electron chi connectivity index (χ3n) is 17.7. The van der Waals surface area contributed by atoms with Gasteiger partial charge in [0.25, 0.3) is 0 Å². The lowest BCUT2D eigenvalue weighted by molar-refractivity contribution is 0.600. The zero-order chi connectivity index (χ0) is 49.7.